The number of benzene rings is 2. The van der Waals surface area contributed by atoms with Crippen molar-refractivity contribution in [3.05, 3.63) is 48.5 Å². The van der Waals surface area contributed by atoms with Crippen molar-refractivity contribution in [1.29, 1.82) is 0 Å². The summed E-state index contributed by atoms with van der Waals surface area (Å²) in [6, 6.07) is 17.0. The molecule has 0 amide bonds. The monoisotopic (exact) mass is 707 g/mol. The fraction of sp³-hybridized carbons (Fsp3) is 0.556. The zero-order valence-corrected chi connectivity index (χ0v) is 25.3. The van der Waals surface area contributed by atoms with Gasteiger partial charge in [0, 0.05) is 27.8 Å². The van der Waals surface area contributed by atoms with Gasteiger partial charge >= 0.3 is 29.2 Å². The SMILES string of the molecule is CN(C)c1ccccc1[PH+](C1CCCCC1)C1CCCCC1.COc1c[c-]ccc1SF.[Cl][Au]. The van der Waals surface area contributed by atoms with E-state index in [1.54, 1.807) is 43.5 Å². The van der Waals surface area contributed by atoms with Crippen molar-refractivity contribution in [2.75, 3.05) is 26.1 Å². The van der Waals surface area contributed by atoms with Gasteiger partial charge in [-0.15, -0.1) is 6.07 Å². The summed E-state index contributed by atoms with van der Waals surface area (Å²) in [6.45, 7) is 0. The second kappa shape index (κ2) is 17.3. The van der Waals surface area contributed by atoms with E-state index in [1.165, 1.54) is 77.0 Å². The molecule has 0 unspecified atom stereocenters. The minimum atomic E-state index is -0.439. The van der Waals surface area contributed by atoms with Crippen LogP contribution in [0.2, 0.25) is 0 Å². The van der Waals surface area contributed by atoms with E-state index in [2.05, 4.69) is 58.5 Å². The Kier molecular flexibility index (Phi) is 15.2. The third-order valence-electron chi connectivity index (χ3n) is 6.88. The van der Waals surface area contributed by atoms with Gasteiger partial charge in [0.15, 0.2) is 0 Å². The Morgan fingerprint density at radius 2 is 1.53 bits per heavy atom. The summed E-state index contributed by atoms with van der Waals surface area (Å²) in [6.07, 6.45) is 14.9. The summed E-state index contributed by atoms with van der Waals surface area (Å²) < 4.78 is 16.8. The van der Waals surface area contributed by atoms with Gasteiger partial charge in [0.05, 0.1) is 36.3 Å². The van der Waals surface area contributed by atoms with E-state index < -0.39 is 7.92 Å². The first-order valence-corrected chi connectivity index (χ1v) is 17.3. The molecular weight excluding hydrogens is 669 g/mol. The van der Waals surface area contributed by atoms with Crippen molar-refractivity contribution in [1.82, 2.24) is 0 Å². The van der Waals surface area contributed by atoms with E-state index >= 15 is 0 Å². The van der Waals surface area contributed by atoms with E-state index in [0.29, 0.717) is 10.6 Å². The number of hydrogen-bond acceptors (Lipinski definition) is 3. The number of anilines is 1. The van der Waals surface area contributed by atoms with Gasteiger partial charge < -0.3 is 9.64 Å². The van der Waals surface area contributed by atoms with Crippen LogP contribution in [0, 0.1) is 6.07 Å². The molecule has 34 heavy (non-hydrogen) atoms. The van der Waals surface area contributed by atoms with Crippen LogP contribution in [0.1, 0.15) is 64.2 Å². The number of nitrogens with zero attached hydrogens (tertiary/aromatic N) is 1. The third-order valence-corrected chi connectivity index (χ3v) is 11.3. The van der Waals surface area contributed by atoms with Gasteiger partial charge in [-0.2, -0.15) is 22.1 Å². The average Bonchev–Trinajstić information content (AvgIpc) is 2.92. The van der Waals surface area contributed by atoms with Crippen LogP contribution < -0.4 is 14.9 Å². The molecule has 7 heteroatoms. The maximum absolute atomic E-state index is 12.0. The molecule has 0 heterocycles. The van der Waals surface area contributed by atoms with Crippen molar-refractivity contribution < 1.29 is 28.6 Å². The second-order valence-electron chi connectivity index (χ2n) is 9.19. The van der Waals surface area contributed by atoms with Gasteiger partial charge in [0.25, 0.3) is 0 Å². The summed E-state index contributed by atoms with van der Waals surface area (Å²) in [5, 5.41) is 1.75. The van der Waals surface area contributed by atoms with Crippen molar-refractivity contribution in [3.63, 3.8) is 0 Å². The van der Waals surface area contributed by atoms with Crippen LogP contribution in [0.25, 0.3) is 0 Å². The molecule has 4 rings (SSSR count). The fourth-order valence-electron chi connectivity index (χ4n) is 5.33. The number of halogens is 2. The van der Waals surface area contributed by atoms with Gasteiger partial charge in [0.2, 0.25) is 0 Å². The molecule has 2 saturated carbocycles. The minimum absolute atomic E-state index is 0.175. The first-order chi connectivity index (χ1) is 16.7. The molecule has 194 valence electrons. The van der Waals surface area contributed by atoms with E-state index in [9.17, 15) is 3.89 Å². The van der Waals surface area contributed by atoms with Crippen LogP contribution in [0.4, 0.5) is 9.57 Å². The summed E-state index contributed by atoms with van der Waals surface area (Å²) in [4.78, 5) is 2.84. The van der Waals surface area contributed by atoms with E-state index in [4.69, 9.17) is 4.74 Å². The van der Waals surface area contributed by atoms with Gasteiger partial charge in [0.1, 0.15) is 5.30 Å². The Bertz CT molecular complexity index is 778. The number of ether oxygens (including phenoxy) is 1. The Balaban J connectivity index is 0.000000286. The quantitative estimate of drug-likeness (QED) is 0.170. The van der Waals surface area contributed by atoms with Crippen LogP contribution in [-0.4, -0.2) is 32.5 Å². The standard InChI is InChI=1S/C20H32NP.C7H6FOS.Au.ClH/c1-21(2)19-15-9-10-16-20(19)22(17-11-5-3-6-12-17)18-13-7-4-8-14-18;1-9-6-4-2-3-5-7(6)10-8;;/h9-10,15-18H,3-8,11-14H2,1-2H3;3-5H,1H3;;1H/q;-1;+1;. The maximum atomic E-state index is 12.0. The number of rotatable bonds is 6. The number of hydrogen-bond donors (Lipinski definition) is 0. The first kappa shape index (κ1) is 30.0. The van der Waals surface area contributed by atoms with E-state index in [0.717, 1.165) is 11.3 Å². The number of para-hydroxylation sites is 1. The summed E-state index contributed by atoms with van der Waals surface area (Å²) in [5.74, 6) is 0.523. The molecule has 2 aromatic rings. The zero-order valence-electron chi connectivity index (χ0n) is 20.6. The molecule has 2 nitrogen and oxygen atoms in total. The Morgan fingerprint density at radius 1 is 0.971 bits per heavy atom. The zero-order chi connectivity index (χ0) is 24.8. The third kappa shape index (κ3) is 9.02. The normalized spacial score (nSPS) is 16.7. The molecule has 2 aliphatic rings. The van der Waals surface area contributed by atoms with E-state index in [1.807, 2.05) is 0 Å². The van der Waals surface area contributed by atoms with Gasteiger partial charge in [-0.05, 0) is 68.4 Å². The average molecular weight is 708 g/mol. The molecule has 2 aliphatic carbocycles. The molecule has 0 atom stereocenters. The van der Waals surface area contributed by atoms with Crippen molar-refractivity contribution in [2.24, 2.45) is 0 Å². The molecular formula is C27H39AuClFNOPS. The molecule has 2 aromatic carbocycles. The predicted molar refractivity (Wildman–Crippen MR) is 147 cm³/mol. The molecule has 0 saturated heterocycles. The van der Waals surface area contributed by atoms with E-state index in [-0.39, 0.29) is 12.1 Å². The molecule has 0 aliphatic heterocycles. The number of methoxy groups -OCH3 is 1. The predicted octanol–water partition coefficient (Wildman–Crippen LogP) is 8.42. The second-order valence-corrected chi connectivity index (χ2v) is 12.9. The summed E-state index contributed by atoms with van der Waals surface area (Å²) >= 11 is 1.92. The van der Waals surface area contributed by atoms with Crippen molar-refractivity contribution in [3.8, 4) is 5.75 Å². The molecule has 2 fully saturated rings. The Labute approximate surface area is 228 Å². The molecule has 0 radical (unpaired) electrons. The van der Waals surface area contributed by atoms with Gasteiger partial charge in [-0.1, -0.05) is 25.0 Å². The van der Waals surface area contributed by atoms with Crippen LogP contribution >= 0.6 is 29.3 Å². The van der Waals surface area contributed by atoms with Crippen LogP contribution in [0.3, 0.4) is 0 Å². The first-order valence-electron chi connectivity index (χ1n) is 12.2. The van der Waals surface area contributed by atoms with Crippen LogP contribution in [0.15, 0.2) is 47.4 Å². The van der Waals surface area contributed by atoms with Crippen LogP contribution in [0.5, 0.6) is 5.75 Å². The van der Waals surface area contributed by atoms with Gasteiger partial charge in [-0.25, -0.2) is 0 Å². The van der Waals surface area contributed by atoms with Crippen molar-refractivity contribution >= 4 is 40.3 Å². The molecule has 0 spiro atoms. The van der Waals surface area contributed by atoms with Crippen LogP contribution in [-0.2, 0) is 20.0 Å². The van der Waals surface area contributed by atoms with Gasteiger partial charge in [-0.3, -0.25) is 0 Å². The van der Waals surface area contributed by atoms with Crippen molar-refractivity contribution in [2.45, 2.75) is 80.4 Å². The molecule has 0 bridgehead atoms. The Morgan fingerprint density at radius 3 is 2.00 bits per heavy atom. The fourth-order valence-corrected chi connectivity index (χ4v) is 10.2. The Hall–Kier alpha value is -0.220. The molecule has 0 aromatic heterocycles. The topological polar surface area (TPSA) is 12.5 Å². The summed E-state index contributed by atoms with van der Waals surface area (Å²) in [5.41, 5.74) is 3.57. The summed E-state index contributed by atoms with van der Waals surface area (Å²) in [7, 11) is 10.1. The molecule has 0 N–H and O–H groups in total.